The van der Waals surface area contributed by atoms with Crippen molar-refractivity contribution in [3.8, 4) is 11.3 Å². The van der Waals surface area contributed by atoms with Crippen molar-refractivity contribution in [2.24, 2.45) is 0 Å². The van der Waals surface area contributed by atoms with E-state index in [1.54, 1.807) is 25.3 Å². The van der Waals surface area contributed by atoms with Gasteiger partial charge >= 0.3 is 0 Å². The molecule has 3 rings (SSSR count). The van der Waals surface area contributed by atoms with Crippen molar-refractivity contribution < 1.29 is 4.39 Å². The molecule has 3 aromatic rings. The maximum Gasteiger partial charge on any atom is 0.135 e. The van der Waals surface area contributed by atoms with E-state index in [4.69, 9.17) is 0 Å². The third-order valence-electron chi connectivity index (χ3n) is 3.12. The number of fused-ring (bicyclic) bond motifs is 1. The molecule has 0 amide bonds. The Balaban J connectivity index is 2.35. The van der Waals surface area contributed by atoms with E-state index in [1.165, 1.54) is 0 Å². The molecule has 0 radical (unpaired) electrons. The van der Waals surface area contributed by atoms with Gasteiger partial charge in [0.2, 0.25) is 0 Å². The van der Waals surface area contributed by atoms with Crippen LogP contribution in [0.25, 0.3) is 22.0 Å². The number of aryl methyl sites for hydroxylation is 1. The second-order valence-corrected chi connectivity index (χ2v) is 4.32. The van der Waals surface area contributed by atoms with Gasteiger partial charge in [0.15, 0.2) is 0 Å². The molecule has 2 aromatic carbocycles. The van der Waals surface area contributed by atoms with Gasteiger partial charge in [0.25, 0.3) is 0 Å². The Morgan fingerprint density at radius 1 is 0.944 bits per heavy atom. The first-order chi connectivity index (χ1) is 8.77. The van der Waals surface area contributed by atoms with Gasteiger partial charge in [-0.2, -0.15) is 0 Å². The lowest BCUT2D eigenvalue weighted by atomic mass is 10.0. The lowest BCUT2D eigenvalue weighted by Crippen LogP contribution is -1.91. The van der Waals surface area contributed by atoms with E-state index in [1.807, 2.05) is 36.4 Å². The number of rotatable bonds is 1. The maximum atomic E-state index is 14.2. The van der Waals surface area contributed by atoms with Crippen LogP contribution in [0.5, 0.6) is 0 Å². The average Bonchev–Trinajstić information content (AvgIpc) is 2.41. The first-order valence-corrected chi connectivity index (χ1v) is 5.86. The standard InChI is InChI=1S/C16H12FN/c1-11-5-4-8-14(15(11)17)16-13-7-3-2-6-12(13)9-10-18-16/h2-10H,1H3. The molecule has 18 heavy (non-hydrogen) atoms. The summed E-state index contributed by atoms with van der Waals surface area (Å²) in [6, 6.07) is 15.2. The highest BCUT2D eigenvalue weighted by Gasteiger charge is 2.11. The van der Waals surface area contributed by atoms with E-state index >= 15 is 0 Å². The van der Waals surface area contributed by atoms with Crippen LogP contribution < -0.4 is 0 Å². The first-order valence-electron chi connectivity index (χ1n) is 5.86. The van der Waals surface area contributed by atoms with Crippen LogP contribution in [0.4, 0.5) is 4.39 Å². The molecule has 0 unspecified atom stereocenters. The second kappa shape index (κ2) is 4.22. The minimum absolute atomic E-state index is 0.193. The summed E-state index contributed by atoms with van der Waals surface area (Å²) in [5.74, 6) is -0.193. The first kappa shape index (κ1) is 10.9. The van der Waals surface area contributed by atoms with Gasteiger partial charge in [-0.1, -0.05) is 36.4 Å². The van der Waals surface area contributed by atoms with Crippen LogP contribution >= 0.6 is 0 Å². The fraction of sp³-hybridized carbons (Fsp3) is 0.0625. The fourth-order valence-corrected chi connectivity index (χ4v) is 2.16. The largest absolute Gasteiger partial charge is 0.255 e. The summed E-state index contributed by atoms with van der Waals surface area (Å²) in [6.45, 7) is 1.77. The zero-order valence-electron chi connectivity index (χ0n) is 10.0. The molecular weight excluding hydrogens is 225 g/mol. The zero-order chi connectivity index (χ0) is 12.5. The number of hydrogen-bond donors (Lipinski definition) is 0. The summed E-state index contributed by atoms with van der Waals surface area (Å²) in [7, 11) is 0. The van der Waals surface area contributed by atoms with Crippen molar-refractivity contribution in [2.75, 3.05) is 0 Å². The Hall–Kier alpha value is -2.22. The van der Waals surface area contributed by atoms with Gasteiger partial charge in [-0.05, 0) is 30.0 Å². The molecular formula is C16H12FN. The fourth-order valence-electron chi connectivity index (χ4n) is 2.16. The predicted octanol–water partition coefficient (Wildman–Crippen LogP) is 4.35. The van der Waals surface area contributed by atoms with E-state index in [-0.39, 0.29) is 5.82 Å². The SMILES string of the molecule is Cc1cccc(-c2nccc3ccccc23)c1F. The molecule has 0 atom stereocenters. The molecule has 0 N–H and O–H groups in total. The molecule has 1 heterocycles. The average molecular weight is 237 g/mol. The summed E-state index contributed by atoms with van der Waals surface area (Å²) >= 11 is 0. The van der Waals surface area contributed by atoms with Crippen LogP contribution in [0.3, 0.4) is 0 Å². The van der Waals surface area contributed by atoms with Crippen molar-refractivity contribution in [3.05, 3.63) is 66.1 Å². The highest BCUT2D eigenvalue weighted by atomic mass is 19.1. The third kappa shape index (κ3) is 1.66. The van der Waals surface area contributed by atoms with Crippen LogP contribution in [0.2, 0.25) is 0 Å². The van der Waals surface area contributed by atoms with E-state index < -0.39 is 0 Å². The van der Waals surface area contributed by atoms with Gasteiger partial charge in [-0.25, -0.2) is 4.39 Å². The van der Waals surface area contributed by atoms with Gasteiger partial charge in [-0.15, -0.1) is 0 Å². The molecule has 0 saturated carbocycles. The maximum absolute atomic E-state index is 14.2. The zero-order valence-corrected chi connectivity index (χ0v) is 10.0. The van der Waals surface area contributed by atoms with E-state index in [0.29, 0.717) is 16.8 Å². The van der Waals surface area contributed by atoms with Crippen LogP contribution in [0.1, 0.15) is 5.56 Å². The highest BCUT2D eigenvalue weighted by molar-refractivity contribution is 5.94. The molecule has 0 aliphatic heterocycles. The molecule has 88 valence electrons. The van der Waals surface area contributed by atoms with E-state index in [9.17, 15) is 4.39 Å². The highest BCUT2D eigenvalue weighted by Crippen LogP contribution is 2.29. The van der Waals surface area contributed by atoms with Gasteiger partial charge in [-0.3, -0.25) is 4.98 Å². The van der Waals surface area contributed by atoms with Crippen molar-refractivity contribution in [2.45, 2.75) is 6.92 Å². The number of hydrogen-bond acceptors (Lipinski definition) is 1. The monoisotopic (exact) mass is 237 g/mol. The Morgan fingerprint density at radius 3 is 2.67 bits per heavy atom. The second-order valence-electron chi connectivity index (χ2n) is 4.32. The van der Waals surface area contributed by atoms with Gasteiger partial charge in [0.05, 0.1) is 5.69 Å². The minimum Gasteiger partial charge on any atom is -0.255 e. The molecule has 0 fully saturated rings. The van der Waals surface area contributed by atoms with Gasteiger partial charge in [0, 0.05) is 17.1 Å². The van der Waals surface area contributed by atoms with Crippen molar-refractivity contribution in [3.63, 3.8) is 0 Å². The molecule has 1 nitrogen and oxygen atoms in total. The van der Waals surface area contributed by atoms with Crippen LogP contribution in [0.15, 0.2) is 54.7 Å². The smallest absolute Gasteiger partial charge is 0.135 e. The van der Waals surface area contributed by atoms with Crippen LogP contribution in [-0.4, -0.2) is 4.98 Å². The summed E-state index contributed by atoms with van der Waals surface area (Å²) in [6.07, 6.45) is 1.72. The number of halogens is 1. The summed E-state index contributed by atoms with van der Waals surface area (Å²) in [5.41, 5.74) is 1.91. The topological polar surface area (TPSA) is 12.9 Å². The minimum atomic E-state index is -0.193. The quantitative estimate of drug-likeness (QED) is 0.613. The van der Waals surface area contributed by atoms with Gasteiger partial charge < -0.3 is 0 Å². The van der Waals surface area contributed by atoms with Gasteiger partial charge in [0.1, 0.15) is 5.82 Å². The van der Waals surface area contributed by atoms with Crippen molar-refractivity contribution >= 4 is 10.8 Å². The molecule has 0 saturated heterocycles. The lowest BCUT2D eigenvalue weighted by Gasteiger charge is -2.08. The third-order valence-corrected chi connectivity index (χ3v) is 3.12. The molecule has 0 aliphatic rings. The Labute approximate surface area is 105 Å². The van der Waals surface area contributed by atoms with Crippen LogP contribution in [0, 0.1) is 12.7 Å². The number of benzene rings is 2. The summed E-state index contributed by atoms with van der Waals surface area (Å²) in [4.78, 5) is 4.34. The molecule has 1 aromatic heterocycles. The summed E-state index contributed by atoms with van der Waals surface area (Å²) < 4.78 is 14.2. The Morgan fingerprint density at radius 2 is 1.78 bits per heavy atom. The predicted molar refractivity (Wildman–Crippen MR) is 71.9 cm³/mol. The number of aromatic nitrogens is 1. The van der Waals surface area contributed by atoms with Crippen molar-refractivity contribution in [1.29, 1.82) is 0 Å². The number of pyridine rings is 1. The number of nitrogens with zero attached hydrogens (tertiary/aromatic N) is 1. The Kier molecular flexibility index (Phi) is 2.56. The molecule has 0 spiro atoms. The van der Waals surface area contributed by atoms with Crippen molar-refractivity contribution in [1.82, 2.24) is 4.98 Å². The van der Waals surface area contributed by atoms with E-state index in [2.05, 4.69) is 4.98 Å². The van der Waals surface area contributed by atoms with E-state index in [0.717, 1.165) is 10.8 Å². The molecule has 0 bridgehead atoms. The Bertz CT molecular complexity index is 714. The molecule has 0 aliphatic carbocycles. The summed E-state index contributed by atoms with van der Waals surface area (Å²) in [5, 5.41) is 2.05. The van der Waals surface area contributed by atoms with Crippen LogP contribution in [-0.2, 0) is 0 Å². The molecule has 2 heteroatoms. The lowest BCUT2D eigenvalue weighted by molar-refractivity contribution is 0.621. The normalized spacial score (nSPS) is 10.8.